The quantitative estimate of drug-likeness (QED) is 0.437. The number of ether oxygens (including phenoxy) is 1. The minimum atomic E-state index is -0.696. The predicted octanol–water partition coefficient (Wildman–Crippen LogP) is 3.59. The second-order valence-corrected chi connectivity index (χ2v) is 7.73. The maximum atomic E-state index is 12.6. The number of anilines is 2. The van der Waals surface area contributed by atoms with Crippen molar-refractivity contribution in [2.75, 3.05) is 16.8 Å². The Labute approximate surface area is 183 Å². The lowest BCUT2D eigenvalue weighted by molar-refractivity contribution is -0.122. The van der Waals surface area contributed by atoms with Gasteiger partial charge in [0.25, 0.3) is 5.91 Å². The Morgan fingerprint density at radius 2 is 1.58 bits per heavy atom. The lowest BCUT2D eigenvalue weighted by Crippen LogP contribution is -2.30. The molecule has 0 saturated carbocycles. The van der Waals surface area contributed by atoms with Crippen molar-refractivity contribution in [2.24, 2.45) is 11.8 Å². The van der Waals surface area contributed by atoms with Crippen molar-refractivity contribution in [1.82, 2.24) is 0 Å². The maximum Gasteiger partial charge on any atom is 0.338 e. The Balaban J connectivity index is 1.36. The van der Waals surface area contributed by atoms with E-state index in [4.69, 9.17) is 16.3 Å². The number of hydrogen-bond donors (Lipinski definition) is 1. The largest absolute Gasteiger partial charge is 0.452 e. The minimum Gasteiger partial charge on any atom is -0.452 e. The minimum absolute atomic E-state index is 0.201. The third kappa shape index (κ3) is 4.22. The van der Waals surface area contributed by atoms with Crippen molar-refractivity contribution >= 4 is 46.7 Å². The van der Waals surface area contributed by atoms with Crippen LogP contribution >= 0.6 is 11.6 Å². The van der Waals surface area contributed by atoms with Crippen molar-refractivity contribution in [3.05, 3.63) is 71.3 Å². The second-order valence-electron chi connectivity index (χ2n) is 7.32. The molecule has 0 aromatic heterocycles. The summed E-state index contributed by atoms with van der Waals surface area (Å²) < 4.78 is 5.04. The molecular formula is C23H19ClN2O5. The van der Waals surface area contributed by atoms with Crippen molar-refractivity contribution < 1.29 is 23.9 Å². The summed E-state index contributed by atoms with van der Waals surface area (Å²) in [4.78, 5) is 50.7. The van der Waals surface area contributed by atoms with E-state index >= 15 is 0 Å². The van der Waals surface area contributed by atoms with Crippen molar-refractivity contribution in [3.8, 4) is 0 Å². The average molecular weight is 439 g/mol. The fourth-order valence-corrected chi connectivity index (χ4v) is 3.95. The molecule has 0 spiro atoms. The molecule has 8 heteroatoms. The molecule has 1 aliphatic carbocycles. The van der Waals surface area contributed by atoms with Gasteiger partial charge < -0.3 is 10.1 Å². The van der Waals surface area contributed by atoms with Crippen LogP contribution in [-0.4, -0.2) is 30.3 Å². The van der Waals surface area contributed by atoms with Gasteiger partial charge in [-0.15, -0.1) is 0 Å². The molecular weight excluding hydrogens is 420 g/mol. The highest BCUT2D eigenvalue weighted by molar-refractivity contribution is 6.33. The van der Waals surface area contributed by atoms with Gasteiger partial charge in [-0.1, -0.05) is 35.9 Å². The first-order valence-corrected chi connectivity index (χ1v) is 10.2. The van der Waals surface area contributed by atoms with Gasteiger partial charge in [0.2, 0.25) is 11.8 Å². The fourth-order valence-electron chi connectivity index (χ4n) is 3.76. The topological polar surface area (TPSA) is 92.8 Å². The number of carbonyl (C=O) groups is 4. The average Bonchev–Trinajstić information content (AvgIpc) is 3.04. The van der Waals surface area contributed by atoms with E-state index in [0.717, 1.165) is 0 Å². The van der Waals surface area contributed by atoms with E-state index in [-0.39, 0.29) is 29.2 Å². The molecule has 1 aliphatic heterocycles. The first-order valence-electron chi connectivity index (χ1n) is 9.80. The van der Waals surface area contributed by atoms with Crippen molar-refractivity contribution in [2.45, 2.75) is 12.8 Å². The van der Waals surface area contributed by atoms with E-state index in [1.165, 1.54) is 29.2 Å². The molecule has 2 aliphatic rings. The molecule has 31 heavy (non-hydrogen) atoms. The van der Waals surface area contributed by atoms with Gasteiger partial charge in [0, 0.05) is 0 Å². The van der Waals surface area contributed by atoms with Gasteiger partial charge in [-0.05, 0) is 49.2 Å². The standard InChI is InChI=1S/C23H19ClN2O5/c24-18-7-3-4-8-19(18)25-20(27)13-31-23(30)14-9-11-15(12-10-14)26-21(28)16-5-1-2-6-17(16)22(26)29/h1-4,7-12,16-17H,5-6,13H2,(H,25,27)/t16-,17-/m0/s1. The molecule has 0 bridgehead atoms. The molecule has 2 atom stereocenters. The van der Waals surface area contributed by atoms with Gasteiger partial charge in [-0.3, -0.25) is 19.3 Å². The van der Waals surface area contributed by atoms with E-state index in [1.807, 2.05) is 12.2 Å². The van der Waals surface area contributed by atoms with E-state index in [2.05, 4.69) is 5.32 Å². The zero-order chi connectivity index (χ0) is 22.0. The fraction of sp³-hybridized carbons (Fsp3) is 0.217. The number of esters is 1. The number of nitrogens with one attached hydrogen (secondary N) is 1. The number of fused-ring (bicyclic) bond motifs is 1. The summed E-state index contributed by atoms with van der Waals surface area (Å²) in [6.45, 7) is -0.481. The monoisotopic (exact) mass is 438 g/mol. The van der Waals surface area contributed by atoms with Crippen LogP contribution < -0.4 is 10.2 Å². The number of benzene rings is 2. The summed E-state index contributed by atoms with van der Waals surface area (Å²) in [6.07, 6.45) is 4.98. The number of imide groups is 1. The Hall–Kier alpha value is -3.45. The second kappa shape index (κ2) is 8.73. The Morgan fingerprint density at radius 1 is 0.968 bits per heavy atom. The molecule has 7 nitrogen and oxygen atoms in total. The number of rotatable bonds is 5. The van der Waals surface area contributed by atoms with Gasteiger partial charge in [0.05, 0.1) is 33.8 Å². The molecule has 0 unspecified atom stereocenters. The number of nitrogens with zero attached hydrogens (tertiary/aromatic N) is 1. The molecule has 1 N–H and O–H groups in total. The van der Waals surface area contributed by atoms with Crippen LogP contribution in [0.15, 0.2) is 60.7 Å². The predicted molar refractivity (Wildman–Crippen MR) is 115 cm³/mol. The van der Waals surface area contributed by atoms with E-state index in [1.54, 1.807) is 24.3 Å². The molecule has 3 amide bonds. The van der Waals surface area contributed by atoms with E-state index in [9.17, 15) is 19.2 Å². The summed E-state index contributed by atoms with van der Waals surface area (Å²) >= 11 is 5.98. The number of para-hydroxylation sites is 1. The summed E-state index contributed by atoms with van der Waals surface area (Å²) in [6, 6.07) is 12.7. The first-order chi connectivity index (χ1) is 15.0. The first kappa shape index (κ1) is 20.8. The summed E-state index contributed by atoms with van der Waals surface area (Å²) in [7, 11) is 0. The van der Waals surface area contributed by atoms with Crippen LogP contribution in [0.3, 0.4) is 0 Å². The Kier molecular flexibility index (Phi) is 5.86. The number of amides is 3. The molecule has 158 valence electrons. The van der Waals surface area contributed by atoms with Crippen molar-refractivity contribution in [1.29, 1.82) is 0 Å². The number of hydrogen-bond acceptors (Lipinski definition) is 5. The molecule has 1 heterocycles. The smallest absolute Gasteiger partial charge is 0.338 e. The third-order valence-electron chi connectivity index (χ3n) is 5.35. The maximum absolute atomic E-state index is 12.6. The van der Waals surface area contributed by atoms with Gasteiger partial charge >= 0.3 is 5.97 Å². The van der Waals surface area contributed by atoms with Crippen LogP contribution in [-0.2, 0) is 19.1 Å². The van der Waals surface area contributed by atoms with Gasteiger partial charge in [-0.2, -0.15) is 0 Å². The normalized spacial score (nSPS) is 19.8. The SMILES string of the molecule is O=C(COC(=O)c1ccc(N2C(=O)[C@H]3CC=CC[C@@H]3C2=O)cc1)Nc1ccccc1Cl. The van der Waals surface area contributed by atoms with Gasteiger partial charge in [0.15, 0.2) is 6.61 Å². The number of carbonyl (C=O) groups excluding carboxylic acids is 4. The molecule has 4 rings (SSSR count). The highest BCUT2D eigenvalue weighted by atomic mass is 35.5. The van der Waals surface area contributed by atoms with E-state index < -0.39 is 18.5 Å². The number of allylic oxidation sites excluding steroid dienone is 2. The molecule has 2 aromatic carbocycles. The molecule has 0 radical (unpaired) electrons. The summed E-state index contributed by atoms with van der Waals surface area (Å²) in [5, 5.41) is 2.94. The highest BCUT2D eigenvalue weighted by Crippen LogP contribution is 2.37. The number of halogens is 1. The van der Waals surface area contributed by atoms with Crippen LogP contribution in [0, 0.1) is 11.8 Å². The van der Waals surface area contributed by atoms with Gasteiger partial charge in [-0.25, -0.2) is 4.79 Å². The molecule has 1 saturated heterocycles. The van der Waals surface area contributed by atoms with Crippen molar-refractivity contribution in [3.63, 3.8) is 0 Å². The zero-order valence-electron chi connectivity index (χ0n) is 16.4. The Morgan fingerprint density at radius 3 is 2.19 bits per heavy atom. The van der Waals surface area contributed by atoms with E-state index in [0.29, 0.717) is 29.2 Å². The molecule has 2 aromatic rings. The Bertz CT molecular complexity index is 1050. The van der Waals surface area contributed by atoms with Gasteiger partial charge in [0.1, 0.15) is 0 Å². The van der Waals surface area contributed by atoms with Crippen LogP contribution in [0.5, 0.6) is 0 Å². The zero-order valence-corrected chi connectivity index (χ0v) is 17.2. The molecule has 1 fully saturated rings. The van der Waals surface area contributed by atoms with Crippen LogP contribution in [0.25, 0.3) is 0 Å². The summed E-state index contributed by atoms with van der Waals surface area (Å²) in [5.74, 6) is -2.30. The lowest BCUT2D eigenvalue weighted by atomic mass is 9.85. The highest BCUT2D eigenvalue weighted by Gasteiger charge is 2.47. The lowest BCUT2D eigenvalue weighted by Gasteiger charge is -2.15. The van der Waals surface area contributed by atoms with Crippen LogP contribution in [0.1, 0.15) is 23.2 Å². The van der Waals surface area contributed by atoms with Crippen LogP contribution in [0.4, 0.5) is 11.4 Å². The van der Waals surface area contributed by atoms with Crippen LogP contribution in [0.2, 0.25) is 5.02 Å². The summed E-state index contributed by atoms with van der Waals surface area (Å²) in [5.41, 5.74) is 1.04. The third-order valence-corrected chi connectivity index (χ3v) is 5.68.